The Morgan fingerprint density at radius 1 is 0.815 bits per heavy atom. The van der Waals surface area contributed by atoms with Gasteiger partial charge in [0.05, 0.1) is 21.3 Å². The SMILES string of the molecule is COc1cc(CNC(=O)c2ccc(CNC(C)=O)cc2)cc(OC)c1OC. The Bertz CT molecular complexity index is 778. The Labute approximate surface area is 158 Å². The second kappa shape index (κ2) is 9.47. The van der Waals surface area contributed by atoms with E-state index in [-0.39, 0.29) is 11.8 Å². The molecule has 0 saturated heterocycles. The van der Waals surface area contributed by atoms with Gasteiger partial charge in [0, 0.05) is 25.6 Å². The molecule has 0 saturated carbocycles. The van der Waals surface area contributed by atoms with Crippen LogP contribution in [0.3, 0.4) is 0 Å². The first-order valence-corrected chi connectivity index (χ1v) is 8.39. The molecule has 0 aliphatic heterocycles. The van der Waals surface area contributed by atoms with Gasteiger partial charge in [-0.3, -0.25) is 9.59 Å². The fourth-order valence-corrected chi connectivity index (χ4v) is 2.52. The number of methoxy groups -OCH3 is 3. The predicted molar refractivity (Wildman–Crippen MR) is 101 cm³/mol. The van der Waals surface area contributed by atoms with Crippen molar-refractivity contribution >= 4 is 11.8 Å². The largest absolute Gasteiger partial charge is 0.493 e. The summed E-state index contributed by atoms with van der Waals surface area (Å²) >= 11 is 0. The van der Waals surface area contributed by atoms with Gasteiger partial charge in [-0.1, -0.05) is 12.1 Å². The van der Waals surface area contributed by atoms with Gasteiger partial charge in [-0.15, -0.1) is 0 Å². The smallest absolute Gasteiger partial charge is 0.251 e. The maximum atomic E-state index is 12.4. The highest BCUT2D eigenvalue weighted by Gasteiger charge is 2.14. The summed E-state index contributed by atoms with van der Waals surface area (Å²) in [5.74, 6) is 1.27. The van der Waals surface area contributed by atoms with Gasteiger partial charge in [0.1, 0.15) is 0 Å². The quantitative estimate of drug-likeness (QED) is 0.742. The molecule has 2 aromatic carbocycles. The van der Waals surface area contributed by atoms with Crippen LogP contribution < -0.4 is 24.8 Å². The molecule has 0 heterocycles. The third kappa shape index (κ3) is 5.37. The summed E-state index contributed by atoms with van der Waals surface area (Å²) < 4.78 is 15.9. The van der Waals surface area contributed by atoms with E-state index in [0.717, 1.165) is 11.1 Å². The molecule has 27 heavy (non-hydrogen) atoms. The lowest BCUT2D eigenvalue weighted by Gasteiger charge is -2.14. The number of carbonyl (C=O) groups excluding carboxylic acids is 2. The zero-order valence-electron chi connectivity index (χ0n) is 15.9. The third-order valence-corrected chi connectivity index (χ3v) is 3.94. The van der Waals surface area contributed by atoms with E-state index in [2.05, 4.69) is 10.6 Å². The average Bonchev–Trinajstić information content (AvgIpc) is 2.69. The molecule has 7 heteroatoms. The molecule has 144 valence electrons. The van der Waals surface area contributed by atoms with Gasteiger partial charge in [0.2, 0.25) is 11.7 Å². The first-order chi connectivity index (χ1) is 13.0. The monoisotopic (exact) mass is 372 g/mol. The molecule has 2 rings (SSSR count). The van der Waals surface area contributed by atoms with Gasteiger partial charge in [-0.25, -0.2) is 0 Å². The zero-order chi connectivity index (χ0) is 19.8. The maximum absolute atomic E-state index is 12.4. The van der Waals surface area contributed by atoms with E-state index in [1.54, 1.807) is 38.5 Å². The molecular formula is C20H24N2O5. The molecule has 2 N–H and O–H groups in total. The minimum atomic E-state index is -0.199. The van der Waals surface area contributed by atoms with Crippen molar-refractivity contribution in [3.05, 3.63) is 53.1 Å². The molecular weight excluding hydrogens is 348 g/mol. The molecule has 0 spiro atoms. The molecule has 0 unspecified atom stereocenters. The Morgan fingerprint density at radius 2 is 1.37 bits per heavy atom. The van der Waals surface area contributed by atoms with Crippen LogP contribution in [0.2, 0.25) is 0 Å². The summed E-state index contributed by atoms with van der Waals surface area (Å²) in [7, 11) is 4.63. The van der Waals surface area contributed by atoms with Crippen molar-refractivity contribution in [1.82, 2.24) is 10.6 Å². The first-order valence-electron chi connectivity index (χ1n) is 8.39. The summed E-state index contributed by atoms with van der Waals surface area (Å²) in [6.07, 6.45) is 0. The van der Waals surface area contributed by atoms with Crippen LogP contribution in [0.5, 0.6) is 17.2 Å². The predicted octanol–water partition coefficient (Wildman–Crippen LogP) is 2.28. The van der Waals surface area contributed by atoms with E-state index >= 15 is 0 Å². The number of ether oxygens (including phenoxy) is 3. The van der Waals surface area contributed by atoms with Crippen LogP contribution in [0.4, 0.5) is 0 Å². The van der Waals surface area contributed by atoms with Crippen molar-refractivity contribution in [3.63, 3.8) is 0 Å². The number of benzene rings is 2. The lowest BCUT2D eigenvalue weighted by molar-refractivity contribution is -0.119. The molecule has 0 radical (unpaired) electrons. The zero-order valence-corrected chi connectivity index (χ0v) is 15.9. The number of carbonyl (C=O) groups is 2. The van der Waals surface area contributed by atoms with E-state index in [0.29, 0.717) is 35.9 Å². The van der Waals surface area contributed by atoms with Gasteiger partial charge in [-0.2, -0.15) is 0 Å². The van der Waals surface area contributed by atoms with Crippen molar-refractivity contribution in [1.29, 1.82) is 0 Å². The Hall–Kier alpha value is -3.22. The van der Waals surface area contributed by atoms with Gasteiger partial charge >= 0.3 is 0 Å². The second-order valence-electron chi connectivity index (χ2n) is 5.82. The maximum Gasteiger partial charge on any atom is 0.251 e. The van der Waals surface area contributed by atoms with Crippen molar-refractivity contribution in [2.24, 2.45) is 0 Å². The van der Waals surface area contributed by atoms with E-state index in [4.69, 9.17) is 14.2 Å². The van der Waals surface area contributed by atoms with Gasteiger partial charge < -0.3 is 24.8 Å². The van der Waals surface area contributed by atoms with Crippen molar-refractivity contribution in [2.75, 3.05) is 21.3 Å². The van der Waals surface area contributed by atoms with Crippen LogP contribution in [-0.2, 0) is 17.9 Å². The first kappa shape index (κ1) is 20.1. The number of hydrogen-bond acceptors (Lipinski definition) is 5. The standard InChI is InChI=1S/C20H24N2O5/c1-13(23)21-11-14-5-7-16(8-6-14)20(24)22-12-15-9-17(25-2)19(27-4)18(10-15)26-3/h5-10H,11-12H2,1-4H3,(H,21,23)(H,22,24). The van der Waals surface area contributed by atoms with Crippen LogP contribution in [0.15, 0.2) is 36.4 Å². The molecule has 0 fully saturated rings. The molecule has 7 nitrogen and oxygen atoms in total. The lowest BCUT2D eigenvalue weighted by atomic mass is 10.1. The van der Waals surface area contributed by atoms with Crippen LogP contribution in [0.25, 0.3) is 0 Å². The van der Waals surface area contributed by atoms with E-state index < -0.39 is 0 Å². The molecule has 2 aromatic rings. The summed E-state index contributed by atoms with van der Waals surface area (Å²) in [6, 6.07) is 10.6. The topological polar surface area (TPSA) is 85.9 Å². The lowest BCUT2D eigenvalue weighted by Crippen LogP contribution is -2.23. The number of hydrogen-bond donors (Lipinski definition) is 2. The molecule has 0 aromatic heterocycles. The van der Waals surface area contributed by atoms with E-state index in [9.17, 15) is 9.59 Å². The summed E-state index contributed by atoms with van der Waals surface area (Å²) in [5, 5.41) is 5.58. The third-order valence-electron chi connectivity index (χ3n) is 3.94. The highest BCUT2D eigenvalue weighted by atomic mass is 16.5. The van der Waals surface area contributed by atoms with Crippen LogP contribution in [-0.4, -0.2) is 33.1 Å². The highest BCUT2D eigenvalue weighted by molar-refractivity contribution is 5.94. The highest BCUT2D eigenvalue weighted by Crippen LogP contribution is 2.38. The number of nitrogens with one attached hydrogen (secondary N) is 2. The Balaban J connectivity index is 2.03. The van der Waals surface area contributed by atoms with Gasteiger partial charge in [0.25, 0.3) is 5.91 Å². The van der Waals surface area contributed by atoms with Gasteiger partial charge in [-0.05, 0) is 35.4 Å². The average molecular weight is 372 g/mol. The molecule has 0 aliphatic carbocycles. The fraction of sp³-hybridized carbons (Fsp3) is 0.300. The fourth-order valence-electron chi connectivity index (χ4n) is 2.52. The van der Waals surface area contributed by atoms with Crippen LogP contribution in [0, 0.1) is 0 Å². The molecule has 0 bridgehead atoms. The van der Waals surface area contributed by atoms with Crippen molar-refractivity contribution in [2.45, 2.75) is 20.0 Å². The Kier molecular flexibility index (Phi) is 7.05. The summed E-state index contributed by atoms with van der Waals surface area (Å²) in [5.41, 5.74) is 2.28. The number of rotatable bonds is 8. The van der Waals surface area contributed by atoms with Crippen molar-refractivity contribution in [3.8, 4) is 17.2 Å². The summed E-state index contributed by atoms with van der Waals surface area (Å²) in [6.45, 7) is 2.21. The minimum absolute atomic E-state index is 0.0952. The summed E-state index contributed by atoms with van der Waals surface area (Å²) in [4.78, 5) is 23.3. The van der Waals surface area contributed by atoms with E-state index in [1.807, 2.05) is 12.1 Å². The van der Waals surface area contributed by atoms with Crippen LogP contribution >= 0.6 is 0 Å². The normalized spacial score (nSPS) is 10.1. The van der Waals surface area contributed by atoms with Crippen LogP contribution in [0.1, 0.15) is 28.4 Å². The molecule has 2 amide bonds. The molecule has 0 atom stereocenters. The number of amides is 2. The Morgan fingerprint density at radius 3 is 1.85 bits per heavy atom. The van der Waals surface area contributed by atoms with Gasteiger partial charge in [0.15, 0.2) is 11.5 Å². The minimum Gasteiger partial charge on any atom is -0.493 e. The van der Waals surface area contributed by atoms with E-state index in [1.165, 1.54) is 14.0 Å². The second-order valence-corrected chi connectivity index (χ2v) is 5.82. The molecule has 0 aliphatic rings. The van der Waals surface area contributed by atoms with Crippen molar-refractivity contribution < 1.29 is 23.8 Å².